The van der Waals surface area contributed by atoms with Gasteiger partial charge in [-0.3, -0.25) is 9.59 Å². The Balaban J connectivity index is 1.63. The molecule has 0 bridgehead atoms. The number of imidazole rings is 1. The largest absolute Gasteiger partial charge is 0.481 e. The monoisotopic (exact) mass is 453 g/mol. The van der Waals surface area contributed by atoms with Gasteiger partial charge in [0.25, 0.3) is 5.91 Å². The highest BCUT2D eigenvalue weighted by Crippen LogP contribution is 2.30. The summed E-state index contributed by atoms with van der Waals surface area (Å²) in [6.45, 7) is 0. The zero-order chi connectivity index (χ0) is 23.6. The van der Waals surface area contributed by atoms with Gasteiger partial charge in [-0.2, -0.15) is 13.2 Å². The molecular weight excluding hydrogens is 435 g/mol. The molecule has 0 saturated heterocycles. The van der Waals surface area contributed by atoms with Crippen molar-refractivity contribution >= 4 is 28.6 Å². The zero-order valence-electron chi connectivity index (χ0n) is 17.1. The summed E-state index contributed by atoms with van der Waals surface area (Å²) in [4.78, 5) is 28.4. The topological polar surface area (TPSA) is 84.2 Å². The summed E-state index contributed by atoms with van der Waals surface area (Å²) in [7, 11) is 0. The van der Waals surface area contributed by atoms with Crippen LogP contribution in [0.1, 0.15) is 33.9 Å². The lowest BCUT2D eigenvalue weighted by Gasteiger charge is -2.18. The summed E-state index contributed by atoms with van der Waals surface area (Å²) < 4.78 is 40.0. The van der Waals surface area contributed by atoms with Crippen molar-refractivity contribution in [1.29, 1.82) is 0 Å². The quantitative estimate of drug-likeness (QED) is 0.411. The van der Waals surface area contributed by atoms with Crippen molar-refractivity contribution in [3.8, 4) is 0 Å². The molecule has 4 aromatic rings. The van der Waals surface area contributed by atoms with E-state index in [4.69, 9.17) is 0 Å². The minimum Gasteiger partial charge on any atom is -0.481 e. The van der Waals surface area contributed by atoms with E-state index in [9.17, 15) is 27.9 Å². The molecule has 3 aromatic carbocycles. The van der Waals surface area contributed by atoms with Crippen LogP contribution in [0.4, 0.5) is 18.9 Å². The first kappa shape index (κ1) is 22.1. The third kappa shape index (κ3) is 4.87. The molecule has 0 spiro atoms. The van der Waals surface area contributed by atoms with E-state index in [0.717, 1.165) is 29.8 Å². The Morgan fingerprint density at radius 2 is 1.70 bits per heavy atom. The van der Waals surface area contributed by atoms with Crippen LogP contribution in [0.15, 0.2) is 79.1 Å². The molecule has 0 aliphatic heterocycles. The second-order valence-corrected chi connectivity index (χ2v) is 7.41. The maximum absolute atomic E-state index is 12.7. The van der Waals surface area contributed by atoms with E-state index in [1.165, 1.54) is 0 Å². The minimum absolute atomic E-state index is 0.0737. The molecule has 2 N–H and O–H groups in total. The maximum atomic E-state index is 12.7. The average molecular weight is 453 g/mol. The molecule has 0 aliphatic rings. The number of carbonyl (C=O) groups is 2. The van der Waals surface area contributed by atoms with Gasteiger partial charge in [0, 0.05) is 11.3 Å². The summed E-state index contributed by atoms with van der Waals surface area (Å²) in [5.74, 6) is -1.54. The number of aromatic nitrogens is 2. The molecule has 4 rings (SSSR count). The number of benzene rings is 3. The molecule has 1 heterocycles. The molecule has 0 saturated carbocycles. The van der Waals surface area contributed by atoms with Gasteiger partial charge in [0.2, 0.25) is 0 Å². The molecular formula is C24H18F3N3O3. The van der Waals surface area contributed by atoms with E-state index in [2.05, 4.69) is 10.3 Å². The van der Waals surface area contributed by atoms with Crippen LogP contribution in [-0.2, 0) is 11.0 Å². The molecule has 0 aliphatic carbocycles. The van der Waals surface area contributed by atoms with Crippen LogP contribution in [0.2, 0.25) is 0 Å². The SMILES string of the molecule is O=C(O)CC(c1ccccc1)n1cnc2ccc(NC(=O)c3ccc(C(F)(F)F)cc3)cc21. The number of aliphatic carboxylic acids is 1. The Morgan fingerprint density at radius 1 is 1.00 bits per heavy atom. The van der Waals surface area contributed by atoms with E-state index < -0.39 is 29.7 Å². The standard InChI is InChI=1S/C24H18F3N3O3/c25-24(26,27)17-8-6-16(7-9-17)23(33)29-18-10-11-19-21(12-18)30(14-28-19)20(13-22(31)32)15-4-2-1-3-5-15/h1-12,14,20H,13H2,(H,29,33)(H,31,32). The van der Waals surface area contributed by atoms with Crippen molar-refractivity contribution < 1.29 is 27.9 Å². The summed E-state index contributed by atoms with van der Waals surface area (Å²) in [5.41, 5.74) is 1.64. The number of carboxylic acid groups (broad SMARTS) is 1. The number of carbonyl (C=O) groups excluding carboxylic acids is 1. The van der Waals surface area contributed by atoms with Crippen LogP contribution < -0.4 is 5.32 Å². The number of amides is 1. The van der Waals surface area contributed by atoms with Crippen LogP contribution in [0.25, 0.3) is 11.0 Å². The van der Waals surface area contributed by atoms with E-state index >= 15 is 0 Å². The molecule has 0 radical (unpaired) electrons. The first-order chi connectivity index (χ1) is 15.7. The number of hydrogen-bond donors (Lipinski definition) is 2. The summed E-state index contributed by atoms with van der Waals surface area (Å²) in [5, 5.41) is 12.1. The van der Waals surface area contributed by atoms with Gasteiger partial charge in [-0.25, -0.2) is 4.98 Å². The van der Waals surface area contributed by atoms with Crippen molar-refractivity contribution in [3.05, 3.63) is 95.8 Å². The van der Waals surface area contributed by atoms with E-state index in [-0.39, 0.29) is 12.0 Å². The van der Waals surface area contributed by atoms with Crippen molar-refractivity contribution in [2.45, 2.75) is 18.6 Å². The van der Waals surface area contributed by atoms with Gasteiger partial charge in [-0.15, -0.1) is 0 Å². The molecule has 33 heavy (non-hydrogen) atoms. The highest BCUT2D eigenvalue weighted by molar-refractivity contribution is 6.05. The van der Waals surface area contributed by atoms with Gasteiger partial charge in [0.1, 0.15) is 0 Å². The maximum Gasteiger partial charge on any atom is 0.416 e. The summed E-state index contributed by atoms with van der Waals surface area (Å²) in [6, 6.07) is 17.5. The Kier molecular flexibility index (Phi) is 5.87. The Hall–Kier alpha value is -4.14. The molecule has 1 aromatic heterocycles. The van der Waals surface area contributed by atoms with E-state index in [0.29, 0.717) is 16.7 Å². The number of carboxylic acids is 1. The number of hydrogen-bond acceptors (Lipinski definition) is 3. The van der Waals surface area contributed by atoms with Crippen molar-refractivity contribution in [2.24, 2.45) is 0 Å². The first-order valence-electron chi connectivity index (χ1n) is 9.94. The van der Waals surface area contributed by atoms with Gasteiger partial charge < -0.3 is 15.0 Å². The van der Waals surface area contributed by atoms with Crippen LogP contribution in [0.5, 0.6) is 0 Å². The van der Waals surface area contributed by atoms with E-state index in [1.807, 2.05) is 30.3 Å². The summed E-state index contributed by atoms with van der Waals surface area (Å²) >= 11 is 0. The van der Waals surface area contributed by atoms with E-state index in [1.54, 1.807) is 29.1 Å². The normalized spacial score (nSPS) is 12.5. The third-order valence-electron chi connectivity index (χ3n) is 5.20. The lowest BCUT2D eigenvalue weighted by atomic mass is 10.0. The van der Waals surface area contributed by atoms with Gasteiger partial charge in [0.15, 0.2) is 0 Å². The number of nitrogens with one attached hydrogen (secondary N) is 1. The van der Waals surface area contributed by atoms with Gasteiger partial charge in [0.05, 0.1) is 35.4 Å². The second-order valence-electron chi connectivity index (χ2n) is 7.41. The predicted molar refractivity (Wildman–Crippen MR) is 116 cm³/mol. The fraction of sp³-hybridized carbons (Fsp3) is 0.125. The van der Waals surface area contributed by atoms with Gasteiger partial charge >= 0.3 is 12.1 Å². The number of nitrogens with zero attached hydrogens (tertiary/aromatic N) is 2. The molecule has 1 unspecified atom stereocenters. The highest BCUT2D eigenvalue weighted by atomic mass is 19.4. The Bertz CT molecular complexity index is 1300. The minimum atomic E-state index is -4.48. The molecule has 1 amide bonds. The fourth-order valence-electron chi connectivity index (χ4n) is 3.58. The second kappa shape index (κ2) is 8.78. The molecule has 6 nitrogen and oxygen atoms in total. The number of rotatable bonds is 6. The molecule has 9 heteroatoms. The van der Waals surface area contributed by atoms with Crippen LogP contribution in [0, 0.1) is 0 Å². The highest BCUT2D eigenvalue weighted by Gasteiger charge is 2.30. The van der Waals surface area contributed by atoms with Crippen LogP contribution in [0.3, 0.4) is 0 Å². The van der Waals surface area contributed by atoms with Gasteiger partial charge in [-0.1, -0.05) is 30.3 Å². The summed E-state index contributed by atoms with van der Waals surface area (Å²) in [6.07, 6.45) is -3.10. The number of alkyl halides is 3. The number of halogens is 3. The number of anilines is 1. The Labute approximate surface area is 186 Å². The lowest BCUT2D eigenvalue weighted by Crippen LogP contribution is -2.15. The smallest absolute Gasteiger partial charge is 0.416 e. The van der Waals surface area contributed by atoms with Crippen LogP contribution in [-0.4, -0.2) is 26.5 Å². The molecule has 0 fully saturated rings. The zero-order valence-corrected chi connectivity index (χ0v) is 17.1. The van der Waals surface area contributed by atoms with Crippen LogP contribution >= 0.6 is 0 Å². The Morgan fingerprint density at radius 3 is 2.33 bits per heavy atom. The molecule has 1 atom stereocenters. The third-order valence-corrected chi connectivity index (χ3v) is 5.20. The van der Waals surface area contributed by atoms with Crippen molar-refractivity contribution in [1.82, 2.24) is 9.55 Å². The lowest BCUT2D eigenvalue weighted by molar-refractivity contribution is -0.138. The fourth-order valence-corrected chi connectivity index (χ4v) is 3.58. The molecule has 168 valence electrons. The average Bonchev–Trinajstić information content (AvgIpc) is 3.20. The van der Waals surface area contributed by atoms with Gasteiger partial charge in [-0.05, 0) is 48.0 Å². The number of fused-ring (bicyclic) bond motifs is 1. The first-order valence-corrected chi connectivity index (χ1v) is 9.94. The predicted octanol–water partition coefficient (Wildman–Crippen LogP) is 5.37. The van der Waals surface area contributed by atoms with Crippen molar-refractivity contribution in [2.75, 3.05) is 5.32 Å². The van der Waals surface area contributed by atoms with Crippen molar-refractivity contribution in [3.63, 3.8) is 0 Å².